The summed E-state index contributed by atoms with van der Waals surface area (Å²) in [7, 11) is -0.882. The Bertz CT molecular complexity index is 658. The van der Waals surface area contributed by atoms with Crippen LogP contribution in [0.3, 0.4) is 0 Å². The summed E-state index contributed by atoms with van der Waals surface area (Å²) in [4.78, 5) is 14.6. The predicted octanol–water partition coefficient (Wildman–Crippen LogP) is 0.790. The minimum atomic E-state index is -1.03. The van der Waals surface area contributed by atoms with Crippen LogP contribution in [0.1, 0.15) is 15.9 Å². The average molecular weight is 271 g/mol. The summed E-state index contributed by atoms with van der Waals surface area (Å²) in [6, 6.07) is 8.10. The second-order valence-electron chi connectivity index (χ2n) is 4.32. The Kier molecular flexibility index (Phi) is 3.13. The monoisotopic (exact) mass is 271 g/mol. The zero-order valence-corrected chi connectivity index (χ0v) is 10.3. The van der Waals surface area contributed by atoms with Gasteiger partial charge in [0, 0.05) is 12.3 Å². The predicted molar refractivity (Wildman–Crippen MR) is 70.1 cm³/mol. The molecule has 7 heteroatoms. The number of aromatic carboxylic acids is 1. The maximum absolute atomic E-state index is 10.7. The molecule has 2 aromatic rings. The molecule has 1 aromatic heterocycles. The molecule has 1 aromatic carbocycles. The van der Waals surface area contributed by atoms with Gasteiger partial charge >= 0.3 is 13.1 Å². The molecule has 100 valence electrons. The summed E-state index contributed by atoms with van der Waals surface area (Å²) < 4.78 is 10.6. The fraction of sp³-hybridized carbons (Fsp3) is 0.0769. The molecule has 3 rings (SSSR count). The van der Waals surface area contributed by atoms with E-state index >= 15 is 0 Å². The van der Waals surface area contributed by atoms with Gasteiger partial charge in [-0.3, -0.25) is 0 Å². The van der Waals surface area contributed by atoms with Crippen LogP contribution in [0, 0.1) is 0 Å². The number of carboxylic acid groups (broad SMARTS) is 1. The lowest BCUT2D eigenvalue weighted by Gasteiger charge is -2.06. The minimum absolute atomic E-state index is 0.0998. The number of hydrogen-bond acceptors (Lipinski definition) is 5. The van der Waals surface area contributed by atoms with E-state index in [9.17, 15) is 9.82 Å². The van der Waals surface area contributed by atoms with Crippen LogP contribution in [0.2, 0.25) is 0 Å². The van der Waals surface area contributed by atoms with Gasteiger partial charge in [0.2, 0.25) is 5.88 Å². The smallest absolute Gasteiger partial charge is 0.478 e. The number of pyridine rings is 1. The van der Waals surface area contributed by atoms with Crippen LogP contribution in [-0.4, -0.2) is 28.2 Å². The van der Waals surface area contributed by atoms with Crippen LogP contribution in [0.15, 0.2) is 36.5 Å². The van der Waals surface area contributed by atoms with Gasteiger partial charge in [0.05, 0.1) is 12.2 Å². The number of fused-ring (bicyclic) bond motifs is 1. The van der Waals surface area contributed by atoms with Gasteiger partial charge in [0.25, 0.3) is 0 Å². The van der Waals surface area contributed by atoms with Crippen LogP contribution in [0.5, 0.6) is 11.6 Å². The van der Waals surface area contributed by atoms with Crippen molar-refractivity contribution in [2.45, 2.75) is 6.61 Å². The first-order valence-electron chi connectivity index (χ1n) is 5.93. The molecule has 0 aliphatic carbocycles. The Morgan fingerprint density at radius 2 is 2.20 bits per heavy atom. The average Bonchev–Trinajstić information content (AvgIpc) is 2.81. The number of aromatic nitrogens is 1. The van der Waals surface area contributed by atoms with E-state index in [2.05, 4.69) is 4.98 Å². The van der Waals surface area contributed by atoms with Crippen LogP contribution in [0.25, 0.3) is 0 Å². The summed E-state index contributed by atoms with van der Waals surface area (Å²) >= 11 is 0. The first-order chi connectivity index (χ1) is 9.63. The molecule has 20 heavy (non-hydrogen) atoms. The third-order valence-corrected chi connectivity index (χ3v) is 2.98. The zero-order valence-electron chi connectivity index (χ0n) is 10.3. The number of carbonyl (C=O) groups is 1. The Morgan fingerprint density at radius 3 is 2.90 bits per heavy atom. The number of nitrogens with zero attached hydrogens (tertiary/aromatic N) is 1. The summed E-state index contributed by atoms with van der Waals surface area (Å²) in [5.74, 6) is -0.181. The molecular weight excluding hydrogens is 261 g/mol. The lowest BCUT2D eigenvalue weighted by atomic mass is 9.80. The molecular formula is C13H10BNO5. The van der Waals surface area contributed by atoms with Crippen molar-refractivity contribution in [1.29, 1.82) is 0 Å². The van der Waals surface area contributed by atoms with Crippen molar-refractivity contribution in [1.82, 2.24) is 4.98 Å². The molecule has 0 spiro atoms. The number of benzene rings is 1. The molecule has 0 bridgehead atoms. The summed E-state index contributed by atoms with van der Waals surface area (Å²) in [5, 5.41) is 18.3. The van der Waals surface area contributed by atoms with Gasteiger partial charge in [-0.1, -0.05) is 6.07 Å². The van der Waals surface area contributed by atoms with Gasteiger partial charge in [-0.15, -0.1) is 0 Å². The molecule has 0 saturated heterocycles. The molecule has 1 aliphatic heterocycles. The highest BCUT2D eigenvalue weighted by atomic mass is 16.5. The highest BCUT2D eigenvalue weighted by Crippen LogP contribution is 2.22. The van der Waals surface area contributed by atoms with E-state index in [-0.39, 0.29) is 5.56 Å². The Labute approximate surface area is 114 Å². The standard InChI is InChI=1S/C13H10BNO5/c16-13(17)8-1-4-12(15-6-8)20-10-2-3-11-9(5-10)7-19-14(11)18/h1-6,18H,7H2,(H,16,17). The lowest BCUT2D eigenvalue weighted by Crippen LogP contribution is -2.27. The van der Waals surface area contributed by atoms with E-state index in [0.29, 0.717) is 18.2 Å². The van der Waals surface area contributed by atoms with E-state index in [1.807, 2.05) is 0 Å². The SMILES string of the molecule is O=C(O)c1ccc(Oc2ccc3c(c2)COB3O)nc1. The number of rotatable bonds is 3. The largest absolute Gasteiger partial charge is 0.491 e. The van der Waals surface area contributed by atoms with Crippen molar-refractivity contribution in [3.05, 3.63) is 47.7 Å². The zero-order chi connectivity index (χ0) is 14.1. The fourth-order valence-electron chi connectivity index (χ4n) is 1.96. The molecule has 0 saturated carbocycles. The summed E-state index contributed by atoms with van der Waals surface area (Å²) in [6.45, 7) is 0.332. The molecule has 0 radical (unpaired) electrons. The number of hydrogen-bond donors (Lipinski definition) is 2. The van der Waals surface area contributed by atoms with E-state index in [4.69, 9.17) is 14.5 Å². The lowest BCUT2D eigenvalue weighted by molar-refractivity contribution is 0.0696. The van der Waals surface area contributed by atoms with Gasteiger partial charge in [0.15, 0.2) is 0 Å². The van der Waals surface area contributed by atoms with Gasteiger partial charge in [0.1, 0.15) is 5.75 Å². The molecule has 0 atom stereocenters. The van der Waals surface area contributed by atoms with Gasteiger partial charge < -0.3 is 19.5 Å². The molecule has 0 fully saturated rings. The van der Waals surface area contributed by atoms with Gasteiger partial charge in [-0.25, -0.2) is 9.78 Å². The van der Waals surface area contributed by atoms with Crippen molar-refractivity contribution < 1.29 is 24.3 Å². The molecule has 2 N–H and O–H groups in total. The maximum atomic E-state index is 10.7. The van der Waals surface area contributed by atoms with Gasteiger partial charge in [-0.2, -0.15) is 0 Å². The van der Waals surface area contributed by atoms with E-state index in [1.54, 1.807) is 18.2 Å². The van der Waals surface area contributed by atoms with E-state index < -0.39 is 13.1 Å². The van der Waals surface area contributed by atoms with Crippen molar-refractivity contribution >= 4 is 18.6 Å². The third-order valence-electron chi connectivity index (χ3n) is 2.98. The Hall–Kier alpha value is -2.38. The molecule has 0 amide bonds. The van der Waals surface area contributed by atoms with Crippen LogP contribution in [-0.2, 0) is 11.3 Å². The second kappa shape index (κ2) is 4.95. The van der Waals surface area contributed by atoms with Crippen molar-refractivity contribution in [2.24, 2.45) is 0 Å². The van der Waals surface area contributed by atoms with E-state index in [1.165, 1.54) is 18.3 Å². The minimum Gasteiger partial charge on any atom is -0.478 e. The summed E-state index contributed by atoms with van der Waals surface area (Å²) in [6.07, 6.45) is 1.23. The Balaban J connectivity index is 1.79. The molecule has 1 aliphatic rings. The normalized spacial score (nSPS) is 13.2. The van der Waals surface area contributed by atoms with Gasteiger partial charge in [-0.05, 0) is 29.2 Å². The third kappa shape index (κ3) is 2.36. The number of ether oxygens (including phenoxy) is 1. The first-order valence-corrected chi connectivity index (χ1v) is 5.93. The molecule has 0 unspecified atom stereocenters. The number of carboxylic acids is 1. The van der Waals surface area contributed by atoms with Crippen LogP contribution >= 0.6 is 0 Å². The van der Waals surface area contributed by atoms with Crippen molar-refractivity contribution in [3.8, 4) is 11.6 Å². The van der Waals surface area contributed by atoms with Crippen molar-refractivity contribution in [3.63, 3.8) is 0 Å². The van der Waals surface area contributed by atoms with Crippen LogP contribution in [0.4, 0.5) is 0 Å². The highest BCUT2D eigenvalue weighted by molar-refractivity contribution is 6.61. The second-order valence-corrected chi connectivity index (χ2v) is 4.32. The van der Waals surface area contributed by atoms with E-state index in [0.717, 1.165) is 11.0 Å². The fourth-order valence-corrected chi connectivity index (χ4v) is 1.96. The molecule has 6 nitrogen and oxygen atoms in total. The topological polar surface area (TPSA) is 88.9 Å². The quantitative estimate of drug-likeness (QED) is 0.802. The highest BCUT2D eigenvalue weighted by Gasteiger charge is 2.27. The summed E-state index contributed by atoms with van der Waals surface area (Å²) in [5.41, 5.74) is 1.69. The Morgan fingerprint density at radius 1 is 1.35 bits per heavy atom. The first kappa shape index (κ1) is 12.6. The molecule has 2 heterocycles. The van der Waals surface area contributed by atoms with Crippen LogP contribution < -0.4 is 10.2 Å². The maximum Gasteiger partial charge on any atom is 0.491 e. The van der Waals surface area contributed by atoms with Crippen molar-refractivity contribution in [2.75, 3.05) is 0 Å².